The van der Waals surface area contributed by atoms with Crippen LogP contribution in [0.1, 0.15) is 21.3 Å². The third kappa shape index (κ3) is 2.88. The van der Waals surface area contributed by atoms with Crippen molar-refractivity contribution < 1.29 is 13.6 Å². The van der Waals surface area contributed by atoms with Crippen molar-refractivity contribution in [3.05, 3.63) is 57.0 Å². The van der Waals surface area contributed by atoms with E-state index in [2.05, 4.69) is 20.5 Å². The van der Waals surface area contributed by atoms with E-state index in [1.807, 2.05) is 13.8 Å². The number of aryl methyl sites for hydroxylation is 2. The van der Waals surface area contributed by atoms with E-state index in [-0.39, 0.29) is 23.1 Å². The lowest BCUT2D eigenvalue weighted by Gasteiger charge is -2.01. The highest BCUT2D eigenvalue weighted by Crippen LogP contribution is 2.29. The van der Waals surface area contributed by atoms with Crippen LogP contribution in [-0.2, 0) is 0 Å². The lowest BCUT2D eigenvalue weighted by Crippen LogP contribution is -2.15. The van der Waals surface area contributed by atoms with Gasteiger partial charge < -0.3 is 8.83 Å². The Bertz CT molecular complexity index is 1190. The highest BCUT2D eigenvalue weighted by molar-refractivity contribution is 7.15. The van der Waals surface area contributed by atoms with E-state index in [0.29, 0.717) is 11.0 Å². The van der Waals surface area contributed by atoms with Crippen molar-refractivity contribution in [1.82, 2.24) is 15.2 Å². The SMILES string of the molecule is Cc1nc(C)c(-c2nnc(NC(=O)c3cc(=O)c4ccccc4o3)o2)s1. The molecule has 1 N–H and O–H groups in total. The highest BCUT2D eigenvalue weighted by atomic mass is 32.1. The van der Waals surface area contributed by atoms with Crippen molar-refractivity contribution in [1.29, 1.82) is 0 Å². The molecule has 0 bridgehead atoms. The molecule has 0 fully saturated rings. The maximum absolute atomic E-state index is 12.3. The quantitative estimate of drug-likeness (QED) is 0.591. The van der Waals surface area contributed by atoms with E-state index in [9.17, 15) is 9.59 Å². The maximum Gasteiger partial charge on any atom is 0.322 e. The van der Waals surface area contributed by atoms with Gasteiger partial charge in [0.05, 0.1) is 16.1 Å². The fourth-order valence-corrected chi connectivity index (χ4v) is 3.31. The number of carbonyl (C=O) groups excluding carboxylic acids is 1. The molecule has 3 aromatic heterocycles. The monoisotopic (exact) mass is 368 g/mol. The molecule has 3 heterocycles. The number of anilines is 1. The molecule has 1 amide bonds. The summed E-state index contributed by atoms with van der Waals surface area (Å²) < 4.78 is 11.0. The molecule has 1 aromatic carbocycles. The first-order valence-corrected chi connectivity index (χ1v) is 8.45. The second kappa shape index (κ2) is 6.19. The summed E-state index contributed by atoms with van der Waals surface area (Å²) in [7, 11) is 0. The fraction of sp³-hybridized carbons (Fsp3) is 0.118. The minimum Gasteiger partial charge on any atom is -0.451 e. The molecular formula is C17H12N4O4S. The number of thiazole rings is 1. The Morgan fingerprint density at radius 1 is 1.15 bits per heavy atom. The van der Waals surface area contributed by atoms with Crippen LogP contribution in [0.15, 0.2) is 44.0 Å². The zero-order chi connectivity index (χ0) is 18.3. The molecule has 0 aliphatic heterocycles. The number of aromatic nitrogens is 3. The number of rotatable bonds is 3. The number of nitrogens with one attached hydrogen (secondary N) is 1. The molecule has 9 heteroatoms. The molecule has 4 aromatic rings. The van der Waals surface area contributed by atoms with Crippen LogP contribution >= 0.6 is 11.3 Å². The van der Waals surface area contributed by atoms with E-state index in [4.69, 9.17) is 8.83 Å². The number of fused-ring (bicyclic) bond motifs is 1. The van der Waals surface area contributed by atoms with Crippen LogP contribution in [0, 0.1) is 13.8 Å². The Labute approximate surface area is 150 Å². The summed E-state index contributed by atoms with van der Waals surface area (Å²) in [6, 6.07) is 7.73. The summed E-state index contributed by atoms with van der Waals surface area (Å²) in [5, 5.41) is 11.4. The van der Waals surface area contributed by atoms with Crippen molar-refractivity contribution in [3.8, 4) is 10.8 Å². The van der Waals surface area contributed by atoms with Gasteiger partial charge in [0.2, 0.25) is 0 Å². The lowest BCUT2D eigenvalue weighted by molar-refractivity contribution is 0.0994. The zero-order valence-corrected chi connectivity index (χ0v) is 14.6. The van der Waals surface area contributed by atoms with Crippen molar-refractivity contribution in [3.63, 3.8) is 0 Å². The number of hydrogen-bond donors (Lipinski definition) is 1. The Morgan fingerprint density at radius 2 is 1.96 bits per heavy atom. The van der Waals surface area contributed by atoms with Gasteiger partial charge in [0, 0.05) is 6.07 Å². The standard InChI is InChI=1S/C17H12N4O4S/c1-8-14(26-9(2)18-8)16-20-21-17(25-16)19-15(23)13-7-11(22)10-5-3-4-6-12(10)24-13/h3-7H,1-2H3,(H,19,21,23). The average Bonchev–Trinajstić information content (AvgIpc) is 3.20. The fourth-order valence-electron chi connectivity index (χ4n) is 2.47. The molecule has 26 heavy (non-hydrogen) atoms. The largest absolute Gasteiger partial charge is 0.451 e. The molecule has 0 atom stereocenters. The molecule has 0 aliphatic rings. The third-order valence-electron chi connectivity index (χ3n) is 3.60. The van der Waals surface area contributed by atoms with Crippen LogP contribution < -0.4 is 10.7 Å². The predicted octanol–water partition coefficient (Wildman–Crippen LogP) is 3.17. The second-order valence-electron chi connectivity index (χ2n) is 5.48. The van der Waals surface area contributed by atoms with Gasteiger partial charge in [0.15, 0.2) is 11.2 Å². The van der Waals surface area contributed by atoms with Crippen molar-refractivity contribution in [2.24, 2.45) is 0 Å². The first-order valence-electron chi connectivity index (χ1n) is 7.63. The summed E-state index contributed by atoms with van der Waals surface area (Å²) >= 11 is 1.42. The molecule has 0 saturated carbocycles. The number of para-hydroxylation sites is 1. The topological polar surface area (TPSA) is 111 Å². The average molecular weight is 368 g/mol. The van der Waals surface area contributed by atoms with Crippen LogP contribution in [0.5, 0.6) is 0 Å². The van der Waals surface area contributed by atoms with Gasteiger partial charge in [0.25, 0.3) is 11.8 Å². The van der Waals surface area contributed by atoms with E-state index < -0.39 is 5.91 Å². The summed E-state index contributed by atoms with van der Waals surface area (Å²) in [6.45, 7) is 3.72. The molecule has 0 saturated heterocycles. The highest BCUT2D eigenvalue weighted by Gasteiger charge is 2.18. The number of hydrogen-bond acceptors (Lipinski definition) is 8. The molecule has 0 spiro atoms. The van der Waals surface area contributed by atoms with Crippen LogP contribution in [0.2, 0.25) is 0 Å². The smallest absolute Gasteiger partial charge is 0.322 e. The summed E-state index contributed by atoms with van der Waals surface area (Å²) in [6.07, 6.45) is 0. The van der Waals surface area contributed by atoms with Gasteiger partial charge in [-0.2, -0.15) is 0 Å². The molecular weight excluding hydrogens is 356 g/mol. The Hall–Kier alpha value is -3.33. The molecule has 0 unspecified atom stereocenters. The van der Waals surface area contributed by atoms with Gasteiger partial charge in [0.1, 0.15) is 10.5 Å². The van der Waals surface area contributed by atoms with Gasteiger partial charge >= 0.3 is 6.01 Å². The van der Waals surface area contributed by atoms with Crippen LogP contribution in [-0.4, -0.2) is 21.1 Å². The first-order chi connectivity index (χ1) is 12.5. The van der Waals surface area contributed by atoms with Crippen LogP contribution in [0.25, 0.3) is 21.7 Å². The van der Waals surface area contributed by atoms with Crippen molar-refractivity contribution in [2.45, 2.75) is 13.8 Å². The van der Waals surface area contributed by atoms with Crippen molar-refractivity contribution >= 4 is 34.2 Å². The van der Waals surface area contributed by atoms with E-state index in [0.717, 1.165) is 21.6 Å². The summed E-state index contributed by atoms with van der Waals surface area (Å²) in [5.74, 6) is -0.526. The van der Waals surface area contributed by atoms with Crippen LogP contribution in [0.4, 0.5) is 6.01 Å². The van der Waals surface area contributed by atoms with Gasteiger partial charge in [-0.25, -0.2) is 4.98 Å². The molecule has 4 rings (SSSR count). The maximum atomic E-state index is 12.3. The van der Waals surface area contributed by atoms with Crippen LogP contribution in [0.3, 0.4) is 0 Å². The summed E-state index contributed by atoms with van der Waals surface area (Å²) in [4.78, 5) is 29.5. The number of carbonyl (C=O) groups is 1. The van der Waals surface area contributed by atoms with Gasteiger partial charge in [-0.05, 0) is 26.0 Å². The number of nitrogens with zero attached hydrogens (tertiary/aromatic N) is 3. The molecule has 0 aliphatic carbocycles. The minimum absolute atomic E-state index is 0.0914. The molecule has 0 radical (unpaired) electrons. The Morgan fingerprint density at radius 3 is 2.73 bits per heavy atom. The van der Waals surface area contributed by atoms with Gasteiger partial charge in [-0.3, -0.25) is 14.9 Å². The van der Waals surface area contributed by atoms with Gasteiger partial charge in [-0.15, -0.1) is 16.4 Å². The van der Waals surface area contributed by atoms with Crippen molar-refractivity contribution in [2.75, 3.05) is 5.32 Å². The van der Waals surface area contributed by atoms with E-state index in [1.165, 1.54) is 11.3 Å². The molecule has 8 nitrogen and oxygen atoms in total. The lowest BCUT2D eigenvalue weighted by atomic mass is 10.2. The number of benzene rings is 1. The predicted molar refractivity (Wildman–Crippen MR) is 95.3 cm³/mol. The zero-order valence-electron chi connectivity index (χ0n) is 13.8. The van der Waals surface area contributed by atoms with Gasteiger partial charge in [-0.1, -0.05) is 17.2 Å². The van der Waals surface area contributed by atoms with E-state index in [1.54, 1.807) is 24.3 Å². The first kappa shape index (κ1) is 16.2. The Balaban J connectivity index is 1.61. The third-order valence-corrected chi connectivity index (χ3v) is 4.66. The summed E-state index contributed by atoms with van der Waals surface area (Å²) in [5.41, 5.74) is 0.792. The van der Waals surface area contributed by atoms with E-state index >= 15 is 0 Å². The minimum atomic E-state index is -0.653. The number of amides is 1. The Kier molecular flexibility index (Phi) is 3.85. The molecule has 130 valence electrons. The second-order valence-corrected chi connectivity index (χ2v) is 6.69. The normalized spacial score (nSPS) is 11.0.